The Morgan fingerprint density at radius 1 is 1.26 bits per heavy atom. The van der Waals surface area contributed by atoms with Gasteiger partial charge in [-0.1, -0.05) is 12.6 Å². The topological polar surface area (TPSA) is 92.3 Å². The first-order valence-electron chi connectivity index (χ1n) is 6.67. The standard InChI is InChI=1S/C17H16N2O4/c1-12(2)17(20)23-7-6-22-15-5-4-13(9-16(15)21-3)8-14(10-18)11-19/h4-5,8-9H,1,6-7H2,2-3H3. The summed E-state index contributed by atoms with van der Waals surface area (Å²) in [5.41, 5.74) is 0.956. The van der Waals surface area contributed by atoms with Gasteiger partial charge >= 0.3 is 5.97 Å². The fraction of sp³-hybridized carbons (Fsp3) is 0.235. The summed E-state index contributed by atoms with van der Waals surface area (Å²) in [6.07, 6.45) is 1.45. The van der Waals surface area contributed by atoms with E-state index in [1.54, 1.807) is 37.3 Å². The molecule has 0 spiro atoms. The van der Waals surface area contributed by atoms with Crippen LogP contribution < -0.4 is 9.47 Å². The third kappa shape index (κ3) is 5.56. The number of carbonyl (C=O) groups is 1. The van der Waals surface area contributed by atoms with Crippen LogP contribution in [0.3, 0.4) is 0 Å². The molecule has 0 aromatic heterocycles. The zero-order chi connectivity index (χ0) is 17.2. The molecule has 0 saturated carbocycles. The second-order valence-corrected chi connectivity index (χ2v) is 4.46. The van der Waals surface area contributed by atoms with Gasteiger partial charge in [0, 0.05) is 5.57 Å². The van der Waals surface area contributed by atoms with Gasteiger partial charge in [0.25, 0.3) is 0 Å². The van der Waals surface area contributed by atoms with Crippen molar-refractivity contribution in [2.45, 2.75) is 6.92 Å². The summed E-state index contributed by atoms with van der Waals surface area (Å²) in [4.78, 5) is 11.2. The lowest BCUT2D eigenvalue weighted by atomic mass is 10.1. The predicted octanol–water partition coefficient (Wildman–Crippen LogP) is 2.62. The SMILES string of the molecule is C=C(C)C(=O)OCCOc1ccc(C=C(C#N)C#N)cc1OC. The average molecular weight is 312 g/mol. The molecule has 6 heteroatoms. The Kier molecular flexibility index (Phi) is 6.90. The molecule has 0 atom stereocenters. The number of hydrogen-bond donors (Lipinski definition) is 0. The summed E-state index contributed by atoms with van der Waals surface area (Å²) in [6, 6.07) is 8.55. The van der Waals surface area contributed by atoms with E-state index in [0.29, 0.717) is 22.6 Å². The summed E-state index contributed by atoms with van der Waals surface area (Å²) in [7, 11) is 1.48. The smallest absolute Gasteiger partial charge is 0.333 e. The lowest BCUT2D eigenvalue weighted by Crippen LogP contribution is -2.12. The van der Waals surface area contributed by atoms with Crippen LogP contribution in [0.1, 0.15) is 12.5 Å². The van der Waals surface area contributed by atoms with Crippen molar-refractivity contribution < 1.29 is 19.0 Å². The third-order valence-electron chi connectivity index (χ3n) is 2.66. The normalized spacial score (nSPS) is 9.04. The van der Waals surface area contributed by atoms with Crippen LogP contribution in [0.5, 0.6) is 11.5 Å². The Hall–Kier alpha value is -3.25. The first-order valence-corrected chi connectivity index (χ1v) is 6.67. The first-order chi connectivity index (χ1) is 11.0. The lowest BCUT2D eigenvalue weighted by Gasteiger charge is -2.11. The highest BCUT2D eigenvalue weighted by atomic mass is 16.6. The van der Waals surface area contributed by atoms with E-state index in [9.17, 15) is 4.79 Å². The van der Waals surface area contributed by atoms with Crippen LogP contribution >= 0.6 is 0 Å². The molecule has 0 aliphatic heterocycles. The van der Waals surface area contributed by atoms with E-state index >= 15 is 0 Å². The molecule has 1 aromatic rings. The van der Waals surface area contributed by atoms with Gasteiger partial charge in [0.05, 0.1) is 7.11 Å². The molecule has 0 aliphatic rings. The minimum Gasteiger partial charge on any atom is -0.493 e. The zero-order valence-corrected chi connectivity index (χ0v) is 13.0. The van der Waals surface area contributed by atoms with E-state index in [0.717, 1.165) is 0 Å². The molecular formula is C17H16N2O4. The van der Waals surface area contributed by atoms with Gasteiger partial charge in [0.15, 0.2) is 11.5 Å². The number of hydrogen-bond acceptors (Lipinski definition) is 6. The second kappa shape index (κ2) is 8.91. The Bertz CT molecular complexity index is 692. The van der Waals surface area contributed by atoms with Crippen LogP contribution in [-0.2, 0) is 9.53 Å². The Morgan fingerprint density at radius 2 is 1.96 bits per heavy atom. The number of methoxy groups -OCH3 is 1. The molecule has 0 aliphatic carbocycles. The molecule has 0 radical (unpaired) electrons. The number of ether oxygens (including phenoxy) is 3. The minimum absolute atomic E-state index is 0.00701. The number of esters is 1. The molecular weight excluding hydrogens is 296 g/mol. The van der Waals surface area contributed by atoms with E-state index in [-0.39, 0.29) is 18.8 Å². The summed E-state index contributed by atoms with van der Waals surface area (Å²) < 4.78 is 15.6. The summed E-state index contributed by atoms with van der Waals surface area (Å²) in [5, 5.41) is 17.5. The Balaban J connectivity index is 2.73. The number of carbonyl (C=O) groups excluding carboxylic acids is 1. The zero-order valence-electron chi connectivity index (χ0n) is 13.0. The molecule has 1 rings (SSSR count). The number of allylic oxidation sites excluding steroid dienone is 1. The van der Waals surface area contributed by atoms with E-state index < -0.39 is 5.97 Å². The highest BCUT2D eigenvalue weighted by Gasteiger charge is 2.07. The second-order valence-electron chi connectivity index (χ2n) is 4.46. The van der Waals surface area contributed by atoms with E-state index in [4.69, 9.17) is 24.7 Å². The highest BCUT2D eigenvalue weighted by molar-refractivity contribution is 5.86. The van der Waals surface area contributed by atoms with Crippen LogP contribution in [0.4, 0.5) is 0 Å². The van der Waals surface area contributed by atoms with Gasteiger partial charge < -0.3 is 14.2 Å². The number of nitrogens with zero attached hydrogens (tertiary/aromatic N) is 2. The minimum atomic E-state index is -0.471. The van der Waals surface area contributed by atoms with Gasteiger partial charge in [0.1, 0.15) is 30.9 Å². The van der Waals surface area contributed by atoms with Crippen molar-refractivity contribution in [1.29, 1.82) is 10.5 Å². The monoisotopic (exact) mass is 312 g/mol. The van der Waals surface area contributed by atoms with Crippen molar-refractivity contribution in [2.75, 3.05) is 20.3 Å². The molecule has 0 N–H and O–H groups in total. The van der Waals surface area contributed by atoms with E-state index in [1.807, 2.05) is 0 Å². The maximum atomic E-state index is 11.2. The quantitative estimate of drug-likeness (QED) is 0.332. The van der Waals surface area contributed by atoms with E-state index in [2.05, 4.69) is 6.58 Å². The van der Waals surface area contributed by atoms with Crippen molar-refractivity contribution in [3.8, 4) is 23.6 Å². The summed E-state index contributed by atoms with van der Waals surface area (Å²) in [5.74, 6) is 0.438. The van der Waals surface area contributed by atoms with E-state index in [1.165, 1.54) is 13.2 Å². The number of rotatable bonds is 7. The van der Waals surface area contributed by atoms with Crippen LogP contribution in [0.25, 0.3) is 6.08 Å². The molecule has 0 heterocycles. The van der Waals surface area contributed by atoms with Gasteiger partial charge in [-0.15, -0.1) is 0 Å². The molecule has 118 valence electrons. The molecule has 0 saturated heterocycles. The molecule has 0 bridgehead atoms. The number of nitriles is 2. The van der Waals surface area contributed by atoms with Crippen molar-refractivity contribution in [2.24, 2.45) is 0 Å². The van der Waals surface area contributed by atoms with Gasteiger partial charge in [-0.3, -0.25) is 0 Å². The van der Waals surface area contributed by atoms with Crippen LogP contribution in [0.15, 0.2) is 35.9 Å². The predicted molar refractivity (Wildman–Crippen MR) is 83.5 cm³/mol. The van der Waals surface area contributed by atoms with Crippen LogP contribution in [-0.4, -0.2) is 26.3 Å². The van der Waals surface area contributed by atoms with Crippen molar-refractivity contribution in [3.63, 3.8) is 0 Å². The van der Waals surface area contributed by atoms with Crippen molar-refractivity contribution in [3.05, 3.63) is 41.5 Å². The Morgan fingerprint density at radius 3 is 2.52 bits per heavy atom. The Labute approximate surface area is 134 Å². The maximum absolute atomic E-state index is 11.2. The average Bonchev–Trinajstić information content (AvgIpc) is 2.56. The summed E-state index contributed by atoms with van der Waals surface area (Å²) >= 11 is 0. The van der Waals surface area contributed by atoms with Gasteiger partial charge in [0.2, 0.25) is 0 Å². The molecule has 23 heavy (non-hydrogen) atoms. The van der Waals surface area contributed by atoms with Gasteiger partial charge in [-0.25, -0.2) is 4.79 Å². The van der Waals surface area contributed by atoms with Crippen molar-refractivity contribution >= 4 is 12.0 Å². The lowest BCUT2D eigenvalue weighted by molar-refractivity contribution is -0.139. The summed E-state index contributed by atoms with van der Waals surface area (Å²) in [6.45, 7) is 5.29. The van der Waals surface area contributed by atoms with Gasteiger partial charge in [-0.2, -0.15) is 10.5 Å². The fourth-order valence-electron chi connectivity index (χ4n) is 1.56. The van der Waals surface area contributed by atoms with Gasteiger partial charge in [-0.05, 0) is 30.7 Å². The molecule has 0 amide bonds. The fourth-order valence-corrected chi connectivity index (χ4v) is 1.56. The molecule has 0 unspecified atom stereocenters. The highest BCUT2D eigenvalue weighted by Crippen LogP contribution is 2.28. The first kappa shape index (κ1) is 17.8. The molecule has 6 nitrogen and oxygen atoms in total. The largest absolute Gasteiger partial charge is 0.493 e. The van der Waals surface area contributed by atoms with Crippen LogP contribution in [0, 0.1) is 22.7 Å². The number of benzene rings is 1. The molecule has 1 aromatic carbocycles. The third-order valence-corrected chi connectivity index (χ3v) is 2.66. The molecule has 0 fully saturated rings. The van der Waals surface area contributed by atoms with Crippen LogP contribution in [0.2, 0.25) is 0 Å². The maximum Gasteiger partial charge on any atom is 0.333 e. The van der Waals surface area contributed by atoms with Crippen molar-refractivity contribution in [1.82, 2.24) is 0 Å².